The number of phenols is 1. The molecule has 5 nitrogen and oxygen atoms in total. The third-order valence-electron chi connectivity index (χ3n) is 3.66. The molecule has 2 aromatic carbocycles. The van der Waals surface area contributed by atoms with Crippen LogP contribution in [0.5, 0.6) is 17.2 Å². The summed E-state index contributed by atoms with van der Waals surface area (Å²) < 4.78 is 10.7. The number of ether oxygens (including phenoxy) is 2. The summed E-state index contributed by atoms with van der Waals surface area (Å²) >= 11 is 1.54. The second kappa shape index (κ2) is 5.14. The number of benzene rings is 2. The van der Waals surface area contributed by atoms with Crippen molar-refractivity contribution in [3.8, 4) is 17.2 Å². The monoisotopic (exact) mass is 315 g/mol. The predicted octanol–water partition coefficient (Wildman–Crippen LogP) is 2.90. The maximum atomic E-state index is 12.3. The lowest BCUT2D eigenvalue weighted by Gasteiger charge is -2.24. The number of aromatic hydroxyl groups is 1. The normalized spacial score (nSPS) is 19.7. The zero-order valence-electron chi connectivity index (χ0n) is 11.6. The molecular formula is C16H13NO4S. The maximum Gasteiger partial charge on any atom is 0.238 e. The Balaban J connectivity index is 1.73. The van der Waals surface area contributed by atoms with Crippen LogP contribution in [0, 0.1) is 0 Å². The van der Waals surface area contributed by atoms with Crippen LogP contribution in [0.25, 0.3) is 0 Å². The molecule has 1 saturated heterocycles. The summed E-state index contributed by atoms with van der Waals surface area (Å²) in [4.78, 5) is 14.1. The van der Waals surface area contributed by atoms with Gasteiger partial charge in [-0.25, -0.2) is 0 Å². The van der Waals surface area contributed by atoms with Crippen LogP contribution in [0.3, 0.4) is 0 Å². The van der Waals surface area contributed by atoms with Gasteiger partial charge in [0.1, 0.15) is 11.1 Å². The lowest BCUT2D eigenvalue weighted by Crippen LogP contribution is -2.27. The molecule has 0 aromatic heterocycles. The Morgan fingerprint density at radius 3 is 2.86 bits per heavy atom. The first-order chi connectivity index (χ1) is 10.7. The van der Waals surface area contributed by atoms with E-state index in [1.165, 1.54) is 0 Å². The van der Waals surface area contributed by atoms with Crippen LogP contribution in [0.1, 0.15) is 10.9 Å². The number of amides is 1. The highest BCUT2D eigenvalue weighted by atomic mass is 32.2. The van der Waals surface area contributed by atoms with Crippen LogP contribution in [0.15, 0.2) is 42.5 Å². The third-order valence-corrected chi connectivity index (χ3v) is 4.87. The van der Waals surface area contributed by atoms with Crippen molar-refractivity contribution >= 4 is 23.4 Å². The van der Waals surface area contributed by atoms with E-state index in [0.717, 1.165) is 11.3 Å². The lowest BCUT2D eigenvalue weighted by atomic mass is 10.1. The van der Waals surface area contributed by atoms with Crippen molar-refractivity contribution in [3.63, 3.8) is 0 Å². The number of carbonyl (C=O) groups is 1. The van der Waals surface area contributed by atoms with Crippen molar-refractivity contribution in [2.45, 2.75) is 5.37 Å². The van der Waals surface area contributed by atoms with E-state index in [1.807, 2.05) is 24.3 Å². The van der Waals surface area contributed by atoms with E-state index in [0.29, 0.717) is 17.3 Å². The number of anilines is 1. The van der Waals surface area contributed by atoms with Crippen LogP contribution < -0.4 is 14.4 Å². The van der Waals surface area contributed by atoms with E-state index in [9.17, 15) is 9.90 Å². The van der Waals surface area contributed by atoms with Crippen LogP contribution in [0.2, 0.25) is 0 Å². The van der Waals surface area contributed by atoms with Crippen molar-refractivity contribution < 1.29 is 19.4 Å². The maximum absolute atomic E-state index is 12.3. The summed E-state index contributed by atoms with van der Waals surface area (Å²) in [5.41, 5.74) is 1.67. The molecule has 0 bridgehead atoms. The van der Waals surface area contributed by atoms with Crippen LogP contribution >= 0.6 is 11.8 Å². The largest absolute Gasteiger partial charge is 0.508 e. The third kappa shape index (κ3) is 2.16. The molecule has 2 aromatic rings. The van der Waals surface area contributed by atoms with E-state index in [1.54, 1.807) is 34.9 Å². The number of hydrogen-bond acceptors (Lipinski definition) is 5. The molecular weight excluding hydrogens is 302 g/mol. The average Bonchev–Trinajstić information content (AvgIpc) is 3.12. The molecule has 2 aliphatic heterocycles. The number of carbonyl (C=O) groups excluding carboxylic acids is 1. The molecule has 4 rings (SSSR count). The summed E-state index contributed by atoms with van der Waals surface area (Å²) in [6.45, 7) is 0.206. The Morgan fingerprint density at radius 1 is 1.14 bits per heavy atom. The minimum atomic E-state index is -0.153. The molecule has 1 unspecified atom stereocenters. The highest BCUT2D eigenvalue weighted by Crippen LogP contribution is 2.45. The van der Waals surface area contributed by atoms with Crippen molar-refractivity contribution in [1.29, 1.82) is 0 Å². The molecule has 22 heavy (non-hydrogen) atoms. The topological polar surface area (TPSA) is 59.0 Å². The Hall–Kier alpha value is -2.34. The highest BCUT2D eigenvalue weighted by molar-refractivity contribution is 8.00. The zero-order chi connectivity index (χ0) is 15.1. The highest BCUT2D eigenvalue weighted by Gasteiger charge is 2.34. The van der Waals surface area contributed by atoms with Gasteiger partial charge in [-0.3, -0.25) is 9.69 Å². The van der Waals surface area contributed by atoms with Crippen LogP contribution in [-0.2, 0) is 4.79 Å². The van der Waals surface area contributed by atoms with Gasteiger partial charge >= 0.3 is 0 Å². The van der Waals surface area contributed by atoms with Gasteiger partial charge in [0.15, 0.2) is 11.5 Å². The SMILES string of the molecule is O=C1CSC(c2cccc(O)c2)N1c1ccc2c(c1)OCO2. The lowest BCUT2D eigenvalue weighted by molar-refractivity contribution is -0.115. The van der Waals surface area contributed by atoms with Gasteiger partial charge in [0.2, 0.25) is 12.7 Å². The molecule has 2 heterocycles. The molecule has 1 amide bonds. The number of rotatable bonds is 2. The second-order valence-corrected chi connectivity index (χ2v) is 6.13. The van der Waals surface area contributed by atoms with Crippen LogP contribution in [-0.4, -0.2) is 23.6 Å². The summed E-state index contributed by atoms with van der Waals surface area (Å²) in [7, 11) is 0. The molecule has 0 radical (unpaired) electrons. The first-order valence-electron chi connectivity index (χ1n) is 6.84. The molecule has 6 heteroatoms. The van der Waals surface area contributed by atoms with Crippen molar-refractivity contribution in [2.24, 2.45) is 0 Å². The fourth-order valence-corrected chi connectivity index (χ4v) is 3.83. The Kier molecular flexibility index (Phi) is 3.11. The number of fused-ring (bicyclic) bond motifs is 1. The molecule has 1 atom stereocenters. The van der Waals surface area contributed by atoms with Gasteiger partial charge in [-0.05, 0) is 29.8 Å². The van der Waals surface area contributed by atoms with E-state index in [4.69, 9.17) is 9.47 Å². The fourth-order valence-electron chi connectivity index (χ4n) is 2.66. The van der Waals surface area contributed by atoms with Gasteiger partial charge in [0, 0.05) is 11.8 Å². The number of hydrogen-bond donors (Lipinski definition) is 1. The first kappa shape index (κ1) is 13.3. The number of phenolic OH excluding ortho intramolecular Hbond substituents is 1. The molecule has 2 aliphatic rings. The average molecular weight is 315 g/mol. The zero-order valence-corrected chi connectivity index (χ0v) is 12.4. The smallest absolute Gasteiger partial charge is 0.238 e. The predicted molar refractivity (Wildman–Crippen MR) is 83.4 cm³/mol. The molecule has 0 saturated carbocycles. The van der Waals surface area contributed by atoms with Gasteiger partial charge in [-0.15, -0.1) is 11.8 Å². The Labute approximate surface area is 131 Å². The number of nitrogens with zero attached hydrogens (tertiary/aromatic N) is 1. The minimum Gasteiger partial charge on any atom is -0.508 e. The summed E-state index contributed by atoms with van der Waals surface area (Å²) in [5, 5.41) is 9.52. The van der Waals surface area contributed by atoms with Gasteiger partial charge in [-0.2, -0.15) is 0 Å². The number of thioether (sulfide) groups is 1. The summed E-state index contributed by atoms with van der Waals surface area (Å²) in [6.07, 6.45) is 0. The standard InChI is InChI=1S/C16H13NO4S/c18-12-3-1-2-10(6-12)16-17(15(19)8-22-16)11-4-5-13-14(7-11)21-9-20-13/h1-7,16,18H,8-9H2. The van der Waals surface area contributed by atoms with Gasteiger partial charge in [0.05, 0.1) is 5.75 Å². The molecule has 0 spiro atoms. The van der Waals surface area contributed by atoms with Crippen molar-refractivity contribution in [3.05, 3.63) is 48.0 Å². The van der Waals surface area contributed by atoms with Gasteiger partial charge in [-0.1, -0.05) is 12.1 Å². The van der Waals surface area contributed by atoms with Gasteiger partial charge in [0.25, 0.3) is 0 Å². The Bertz CT molecular complexity index is 749. The molecule has 1 N–H and O–H groups in total. The molecule has 112 valence electrons. The van der Waals surface area contributed by atoms with Crippen molar-refractivity contribution in [2.75, 3.05) is 17.4 Å². The second-order valence-electron chi connectivity index (χ2n) is 5.06. The summed E-state index contributed by atoms with van der Waals surface area (Å²) in [5.74, 6) is 1.99. The van der Waals surface area contributed by atoms with Gasteiger partial charge < -0.3 is 14.6 Å². The van der Waals surface area contributed by atoms with E-state index in [2.05, 4.69) is 0 Å². The van der Waals surface area contributed by atoms with Crippen LogP contribution in [0.4, 0.5) is 5.69 Å². The quantitative estimate of drug-likeness (QED) is 0.923. The molecule has 1 fully saturated rings. The molecule has 0 aliphatic carbocycles. The van der Waals surface area contributed by atoms with Crippen molar-refractivity contribution in [1.82, 2.24) is 0 Å². The van der Waals surface area contributed by atoms with E-state index >= 15 is 0 Å². The van der Waals surface area contributed by atoms with E-state index < -0.39 is 0 Å². The fraction of sp³-hybridized carbons (Fsp3) is 0.188. The first-order valence-corrected chi connectivity index (χ1v) is 7.89. The minimum absolute atomic E-state index is 0.0391. The Morgan fingerprint density at radius 2 is 2.00 bits per heavy atom. The van der Waals surface area contributed by atoms with E-state index in [-0.39, 0.29) is 23.8 Å². The summed E-state index contributed by atoms with van der Waals surface area (Å²) in [6, 6.07) is 12.5.